The Morgan fingerprint density at radius 3 is 3.11 bits per heavy atom. The third-order valence-corrected chi connectivity index (χ3v) is 2.59. The monoisotopic (exact) mass is 277 g/mol. The summed E-state index contributed by atoms with van der Waals surface area (Å²) < 4.78 is 4.57. The molecule has 0 aliphatic rings. The second-order valence-electron chi connectivity index (χ2n) is 3.68. The van der Waals surface area contributed by atoms with Crippen LogP contribution in [0.2, 0.25) is 5.02 Å². The van der Waals surface area contributed by atoms with E-state index in [1.807, 2.05) is 18.2 Å². The lowest BCUT2D eigenvalue weighted by Crippen LogP contribution is -2.04. The Morgan fingerprint density at radius 2 is 2.21 bits per heavy atom. The molecule has 3 aromatic rings. The van der Waals surface area contributed by atoms with Gasteiger partial charge in [-0.05, 0) is 28.0 Å². The number of benzene rings is 1. The molecule has 0 aliphatic heterocycles. The summed E-state index contributed by atoms with van der Waals surface area (Å²) in [6.07, 6.45) is 1.34. The zero-order chi connectivity index (χ0) is 13.1. The lowest BCUT2D eigenvalue weighted by molar-refractivity contribution is 0.179. The maximum absolute atomic E-state index is 5.88. The molecule has 0 saturated carbocycles. The number of hydrogen-bond donors (Lipinski definition) is 1. The molecule has 0 spiro atoms. The fourth-order valence-corrected chi connectivity index (χ4v) is 1.72. The van der Waals surface area contributed by atoms with E-state index in [4.69, 9.17) is 16.4 Å². The predicted molar refractivity (Wildman–Crippen MR) is 67.3 cm³/mol. The van der Waals surface area contributed by atoms with E-state index in [2.05, 4.69) is 30.4 Å². The van der Waals surface area contributed by atoms with Gasteiger partial charge < -0.3 is 0 Å². The van der Waals surface area contributed by atoms with Gasteiger partial charge in [0.2, 0.25) is 5.65 Å². The molecule has 0 fully saturated rings. The molecule has 0 aliphatic carbocycles. The average Bonchev–Trinajstić information content (AvgIpc) is 2.88. The number of halogens is 1. The zero-order valence-corrected chi connectivity index (χ0v) is 10.3. The average molecular weight is 278 g/mol. The van der Waals surface area contributed by atoms with Gasteiger partial charge in [0.05, 0.1) is 6.61 Å². The zero-order valence-electron chi connectivity index (χ0n) is 9.58. The lowest BCUT2D eigenvalue weighted by atomic mass is 10.2. The normalized spacial score (nSPS) is 10.8. The van der Waals surface area contributed by atoms with Gasteiger partial charge in [-0.3, -0.25) is 4.84 Å². The lowest BCUT2D eigenvalue weighted by Gasteiger charge is -2.05. The standard InChI is InChI=1S/C11H8ClN5O2/c12-8-3-1-2-7(4-8)5-18-16-10-9-11(14-6-13-10)17-19-15-9/h1-4,6H,5H2,(H,13,14,16,17). The van der Waals surface area contributed by atoms with Crippen molar-refractivity contribution >= 4 is 28.6 Å². The van der Waals surface area contributed by atoms with Gasteiger partial charge in [-0.2, -0.15) is 0 Å². The fourth-order valence-electron chi connectivity index (χ4n) is 1.51. The number of fused-ring (bicyclic) bond motifs is 1. The Labute approximate surface area is 112 Å². The van der Waals surface area contributed by atoms with Crippen LogP contribution in [0.15, 0.2) is 35.2 Å². The summed E-state index contributed by atoms with van der Waals surface area (Å²) in [6, 6.07) is 7.37. The molecule has 1 N–H and O–H groups in total. The van der Waals surface area contributed by atoms with E-state index in [1.165, 1.54) is 6.33 Å². The van der Waals surface area contributed by atoms with Crippen molar-refractivity contribution in [2.24, 2.45) is 0 Å². The number of hydrogen-bond acceptors (Lipinski definition) is 7. The van der Waals surface area contributed by atoms with E-state index < -0.39 is 0 Å². The van der Waals surface area contributed by atoms with Crippen LogP contribution in [0.25, 0.3) is 11.2 Å². The summed E-state index contributed by atoms with van der Waals surface area (Å²) in [6.45, 7) is 0.331. The molecule has 2 aromatic heterocycles. The van der Waals surface area contributed by atoms with Crippen LogP contribution in [-0.2, 0) is 11.4 Å². The molecule has 8 heteroatoms. The molecule has 0 saturated heterocycles. The highest BCUT2D eigenvalue weighted by molar-refractivity contribution is 6.30. The summed E-state index contributed by atoms with van der Waals surface area (Å²) in [7, 11) is 0. The highest BCUT2D eigenvalue weighted by atomic mass is 35.5. The summed E-state index contributed by atoms with van der Waals surface area (Å²) in [5.74, 6) is 0.397. The van der Waals surface area contributed by atoms with Gasteiger partial charge in [-0.1, -0.05) is 23.7 Å². The topological polar surface area (TPSA) is 86.0 Å². The molecule has 0 unspecified atom stereocenters. The van der Waals surface area contributed by atoms with E-state index in [0.717, 1.165) is 5.56 Å². The molecule has 7 nitrogen and oxygen atoms in total. The largest absolute Gasteiger partial charge is 0.270 e. The van der Waals surface area contributed by atoms with Gasteiger partial charge in [0.25, 0.3) is 0 Å². The first-order valence-corrected chi connectivity index (χ1v) is 5.76. The van der Waals surface area contributed by atoms with Crippen LogP contribution in [0.5, 0.6) is 0 Å². The van der Waals surface area contributed by atoms with Crippen LogP contribution in [0.4, 0.5) is 5.82 Å². The van der Waals surface area contributed by atoms with Gasteiger partial charge in [0.1, 0.15) is 6.33 Å². The molecule has 19 heavy (non-hydrogen) atoms. The number of rotatable bonds is 4. The molecule has 0 atom stereocenters. The van der Waals surface area contributed by atoms with E-state index in [9.17, 15) is 0 Å². The van der Waals surface area contributed by atoms with Crippen molar-refractivity contribution in [1.82, 2.24) is 20.3 Å². The van der Waals surface area contributed by atoms with E-state index in [0.29, 0.717) is 28.6 Å². The Hall–Kier alpha value is -2.25. The summed E-state index contributed by atoms with van der Waals surface area (Å²) in [5, 5.41) is 7.95. The van der Waals surface area contributed by atoms with Crippen molar-refractivity contribution in [1.29, 1.82) is 0 Å². The van der Waals surface area contributed by atoms with Crippen molar-refractivity contribution in [3.05, 3.63) is 41.2 Å². The maximum atomic E-state index is 5.88. The number of nitrogens with zero attached hydrogens (tertiary/aromatic N) is 4. The molecule has 1 aromatic carbocycles. The first-order valence-electron chi connectivity index (χ1n) is 5.38. The second kappa shape index (κ2) is 5.17. The quantitative estimate of drug-likeness (QED) is 0.732. The third kappa shape index (κ3) is 2.61. The molecule has 0 bridgehead atoms. The molecule has 0 amide bonds. The summed E-state index contributed by atoms with van der Waals surface area (Å²) in [4.78, 5) is 13.2. The summed E-state index contributed by atoms with van der Waals surface area (Å²) >= 11 is 5.88. The van der Waals surface area contributed by atoms with Gasteiger partial charge >= 0.3 is 0 Å². The van der Waals surface area contributed by atoms with E-state index >= 15 is 0 Å². The van der Waals surface area contributed by atoms with Crippen LogP contribution in [-0.4, -0.2) is 20.3 Å². The minimum atomic E-state index is 0.331. The summed E-state index contributed by atoms with van der Waals surface area (Å²) in [5.41, 5.74) is 4.39. The molecule has 96 valence electrons. The van der Waals surface area contributed by atoms with Crippen LogP contribution in [0, 0.1) is 0 Å². The SMILES string of the molecule is Clc1cccc(CONc2ncnc3nonc23)c1. The number of aromatic nitrogens is 4. The van der Waals surface area contributed by atoms with Crippen LogP contribution in [0.1, 0.15) is 5.56 Å². The van der Waals surface area contributed by atoms with E-state index in [-0.39, 0.29) is 0 Å². The Balaban J connectivity index is 1.68. The van der Waals surface area contributed by atoms with Crippen LogP contribution >= 0.6 is 11.6 Å². The van der Waals surface area contributed by atoms with Crippen molar-refractivity contribution in [2.45, 2.75) is 6.61 Å². The molecule has 3 rings (SSSR count). The fraction of sp³-hybridized carbons (Fsp3) is 0.0909. The Bertz CT molecular complexity index is 702. The van der Waals surface area contributed by atoms with Gasteiger partial charge in [0.15, 0.2) is 11.3 Å². The smallest absolute Gasteiger partial charge is 0.229 e. The van der Waals surface area contributed by atoms with Gasteiger partial charge in [0, 0.05) is 5.02 Å². The third-order valence-electron chi connectivity index (χ3n) is 2.36. The first kappa shape index (κ1) is 11.8. The highest BCUT2D eigenvalue weighted by Crippen LogP contribution is 2.15. The van der Waals surface area contributed by atoms with Crippen LogP contribution in [0.3, 0.4) is 0 Å². The van der Waals surface area contributed by atoms with Crippen molar-refractivity contribution in [3.63, 3.8) is 0 Å². The van der Waals surface area contributed by atoms with Crippen molar-refractivity contribution < 1.29 is 9.47 Å². The molecule has 2 heterocycles. The Morgan fingerprint density at radius 1 is 1.26 bits per heavy atom. The molecular formula is C11H8ClN5O2. The van der Waals surface area contributed by atoms with Gasteiger partial charge in [-0.15, -0.1) is 0 Å². The number of nitrogens with one attached hydrogen (secondary N) is 1. The van der Waals surface area contributed by atoms with E-state index in [1.54, 1.807) is 6.07 Å². The maximum Gasteiger partial charge on any atom is 0.229 e. The first-order chi connectivity index (χ1) is 9.33. The molecular weight excluding hydrogens is 270 g/mol. The highest BCUT2D eigenvalue weighted by Gasteiger charge is 2.08. The van der Waals surface area contributed by atoms with Crippen molar-refractivity contribution in [2.75, 3.05) is 5.48 Å². The molecule has 0 radical (unpaired) electrons. The second-order valence-corrected chi connectivity index (χ2v) is 4.12. The van der Waals surface area contributed by atoms with Gasteiger partial charge in [-0.25, -0.2) is 20.1 Å². The predicted octanol–water partition coefficient (Wildman–Crippen LogP) is 2.21. The minimum absolute atomic E-state index is 0.331. The number of anilines is 1. The van der Waals surface area contributed by atoms with Crippen molar-refractivity contribution in [3.8, 4) is 0 Å². The minimum Gasteiger partial charge on any atom is -0.270 e. The Kier molecular flexibility index (Phi) is 3.21. The van der Waals surface area contributed by atoms with Crippen LogP contribution < -0.4 is 5.48 Å².